The van der Waals surface area contributed by atoms with Crippen LogP contribution in [0.15, 0.2) is 34.2 Å². The molecule has 2 N–H and O–H groups in total. The Balaban J connectivity index is 1.58. The van der Waals surface area contributed by atoms with Gasteiger partial charge in [-0.2, -0.15) is 0 Å². The number of aliphatic imine (C=N–C) groups is 1. The van der Waals surface area contributed by atoms with Gasteiger partial charge in [0.05, 0.1) is 4.90 Å². The van der Waals surface area contributed by atoms with Gasteiger partial charge >= 0.3 is 0 Å². The van der Waals surface area contributed by atoms with E-state index in [1.54, 1.807) is 12.1 Å². The predicted molar refractivity (Wildman–Crippen MR) is 105 cm³/mol. The number of nitrogens with one attached hydrogen (secondary N) is 2. The number of benzene rings is 1. The second-order valence-corrected chi connectivity index (χ2v) is 9.51. The molecule has 1 heterocycles. The van der Waals surface area contributed by atoms with Gasteiger partial charge in [-0.3, -0.25) is 4.99 Å². The Labute approximate surface area is 157 Å². The summed E-state index contributed by atoms with van der Waals surface area (Å²) < 4.78 is 27.2. The number of piperidine rings is 1. The van der Waals surface area contributed by atoms with Gasteiger partial charge in [0.1, 0.15) is 0 Å². The standard InChI is InChI=1S/C19H30N4O2S/c1-14-10-15(2)13-23(12-14)19(20-3)21-11-16-4-8-18(9-5-16)26(24,25)22-17-6-7-17/h4-5,8-9,14-15,17,22H,6-7,10-13H2,1-3H3,(H,20,21). The fourth-order valence-electron chi connectivity index (χ4n) is 3.62. The van der Waals surface area contributed by atoms with E-state index in [9.17, 15) is 8.42 Å². The van der Waals surface area contributed by atoms with E-state index in [-0.39, 0.29) is 6.04 Å². The fraction of sp³-hybridized carbons (Fsp3) is 0.632. The van der Waals surface area contributed by atoms with Crippen LogP contribution in [0, 0.1) is 11.8 Å². The number of hydrogen-bond donors (Lipinski definition) is 2. The molecule has 1 aromatic carbocycles. The maximum Gasteiger partial charge on any atom is 0.240 e. The second kappa shape index (κ2) is 7.96. The Hall–Kier alpha value is -1.60. The summed E-state index contributed by atoms with van der Waals surface area (Å²) in [5, 5.41) is 3.41. The van der Waals surface area contributed by atoms with Crippen LogP contribution in [0.2, 0.25) is 0 Å². The number of rotatable bonds is 5. The first-order valence-electron chi connectivity index (χ1n) is 9.44. The molecule has 1 aliphatic heterocycles. The molecular weight excluding hydrogens is 348 g/mol. The normalized spacial score (nSPS) is 24.6. The van der Waals surface area contributed by atoms with Crippen molar-refractivity contribution in [3.63, 3.8) is 0 Å². The van der Waals surface area contributed by atoms with Crippen molar-refractivity contribution in [1.82, 2.24) is 14.9 Å². The van der Waals surface area contributed by atoms with Crippen LogP contribution in [0.3, 0.4) is 0 Å². The van der Waals surface area contributed by atoms with E-state index in [0.29, 0.717) is 23.3 Å². The Bertz CT molecular complexity index is 731. The van der Waals surface area contributed by atoms with Crippen molar-refractivity contribution in [2.45, 2.75) is 50.6 Å². The molecule has 2 aliphatic rings. The maximum absolute atomic E-state index is 12.2. The highest BCUT2D eigenvalue weighted by molar-refractivity contribution is 7.89. The molecule has 26 heavy (non-hydrogen) atoms. The summed E-state index contributed by atoms with van der Waals surface area (Å²) in [4.78, 5) is 7.06. The summed E-state index contributed by atoms with van der Waals surface area (Å²) in [5.74, 6) is 2.25. The highest BCUT2D eigenvalue weighted by atomic mass is 32.2. The molecule has 0 amide bonds. The monoisotopic (exact) mass is 378 g/mol. The van der Waals surface area contributed by atoms with Crippen molar-refractivity contribution in [2.75, 3.05) is 20.1 Å². The number of hydrogen-bond acceptors (Lipinski definition) is 3. The first-order valence-corrected chi connectivity index (χ1v) is 10.9. The van der Waals surface area contributed by atoms with Gasteiger partial charge in [0.15, 0.2) is 5.96 Å². The quantitative estimate of drug-likeness (QED) is 0.608. The van der Waals surface area contributed by atoms with Crippen molar-refractivity contribution >= 4 is 16.0 Å². The molecule has 144 valence electrons. The van der Waals surface area contributed by atoms with Crippen molar-refractivity contribution in [1.29, 1.82) is 0 Å². The SMILES string of the molecule is CN=C(NCc1ccc(S(=O)(=O)NC2CC2)cc1)N1CC(C)CC(C)C1. The lowest BCUT2D eigenvalue weighted by molar-refractivity contribution is 0.208. The molecule has 0 aromatic heterocycles. The Morgan fingerprint density at radius 3 is 2.31 bits per heavy atom. The zero-order chi connectivity index (χ0) is 18.7. The molecule has 6 nitrogen and oxygen atoms in total. The average molecular weight is 379 g/mol. The molecule has 0 bridgehead atoms. The van der Waals surface area contributed by atoms with Gasteiger partial charge in [0.25, 0.3) is 0 Å². The lowest BCUT2D eigenvalue weighted by Crippen LogP contribution is -2.48. The van der Waals surface area contributed by atoms with E-state index in [1.165, 1.54) is 6.42 Å². The van der Waals surface area contributed by atoms with E-state index < -0.39 is 10.0 Å². The first-order chi connectivity index (χ1) is 12.4. The van der Waals surface area contributed by atoms with Gasteiger partial charge in [0, 0.05) is 32.7 Å². The molecule has 2 unspecified atom stereocenters. The van der Waals surface area contributed by atoms with E-state index in [4.69, 9.17) is 0 Å². The molecule has 3 rings (SSSR count). The third kappa shape index (κ3) is 4.98. The summed E-state index contributed by atoms with van der Waals surface area (Å²) in [6, 6.07) is 7.20. The molecule has 2 fully saturated rings. The minimum atomic E-state index is -3.38. The number of guanidine groups is 1. The van der Waals surface area contributed by atoms with Crippen LogP contribution in [0.4, 0.5) is 0 Å². The summed E-state index contributed by atoms with van der Waals surface area (Å²) in [5.41, 5.74) is 1.04. The molecular formula is C19H30N4O2S. The largest absolute Gasteiger partial charge is 0.352 e. The van der Waals surface area contributed by atoms with Crippen LogP contribution < -0.4 is 10.0 Å². The van der Waals surface area contributed by atoms with Crippen molar-refractivity contribution < 1.29 is 8.42 Å². The molecule has 1 saturated carbocycles. The molecule has 7 heteroatoms. The zero-order valence-corrected chi connectivity index (χ0v) is 16.7. The summed E-state index contributed by atoms with van der Waals surface area (Å²) in [6.07, 6.45) is 3.14. The van der Waals surface area contributed by atoms with E-state index >= 15 is 0 Å². The number of nitrogens with zero attached hydrogens (tertiary/aromatic N) is 2. The molecule has 1 aromatic rings. The van der Waals surface area contributed by atoms with Crippen LogP contribution in [0.25, 0.3) is 0 Å². The molecule has 1 aliphatic carbocycles. The lowest BCUT2D eigenvalue weighted by atomic mass is 9.92. The summed E-state index contributed by atoms with van der Waals surface area (Å²) in [6.45, 7) is 7.24. The maximum atomic E-state index is 12.2. The lowest BCUT2D eigenvalue weighted by Gasteiger charge is -2.37. The summed E-state index contributed by atoms with van der Waals surface area (Å²) in [7, 11) is -1.57. The van der Waals surface area contributed by atoms with Gasteiger partial charge < -0.3 is 10.2 Å². The van der Waals surface area contributed by atoms with E-state index in [0.717, 1.165) is 37.5 Å². The van der Waals surface area contributed by atoms with Gasteiger partial charge in [-0.15, -0.1) is 0 Å². The minimum absolute atomic E-state index is 0.124. The summed E-state index contributed by atoms with van der Waals surface area (Å²) >= 11 is 0. The van der Waals surface area contributed by atoms with Crippen molar-refractivity contribution in [2.24, 2.45) is 16.8 Å². The first kappa shape index (κ1) is 19.2. The van der Waals surface area contributed by atoms with Gasteiger partial charge in [0.2, 0.25) is 10.0 Å². The number of sulfonamides is 1. The highest BCUT2D eigenvalue weighted by Gasteiger charge is 2.28. The molecule has 0 radical (unpaired) electrons. The highest BCUT2D eigenvalue weighted by Crippen LogP contribution is 2.23. The predicted octanol–water partition coefficient (Wildman–Crippen LogP) is 2.18. The zero-order valence-electron chi connectivity index (χ0n) is 15.9. The van der Waals surface area contributed by atoms with Crippen molar-refractivity contribution in [3.8, 4) is 0 Å². The second-order valence-electron chi connectivity index (χ2n) is 7.79. The van der Waals surface area contributed by atoms with Gasteiger partial charge in [-0.1, -0.05) is 26.0 Å². The van der Waals surface area contributed by atoms with Crippen molar-refractivity contribution in [3.05, 3.63) is 29.8 Å². The van der Waals surface area contributed by atoms with Gasteiger partial charge in [-0.05, 0) is 48.8 Å². The Kier molecular flexibility index (Phi) is 5.87. The molecule has 2 atom stereocenters. The van der Waals surface area contributed by atoms with Gasteiger partial charge in [-0.25, -0.2) is 13.1 Å². The smallest absolute Gasteiger partial charge is 0.240 e. The molecule has 0 spiro atoms. The van der Waals surface area contributed by atoms with Crippen LogP contribution in [-0.4, -0.2) is 45.5 Å². The van der Waals surface area contributed by atoms with Crippen LogP contribution in [0.1, 0.15) is 38.7 Å². The average Bonchev–Trinajstić information content (AvgIpc) is 3.38. The van der Waals surface area contributed by atoms with E-state index in [1.807, 2.05) is 19.2 Å². The van der Waals surface area contributed by atoms with Crippen LogP contribution >= 0.6 is 0 Å². The third-order valence-corrected chi connectivity index (χ3v) is 6.50. The topological polar surface area (TPSA) is 73.8 Å². The third-order valence-electron chi connectivity index (χ3n) is 4.96. The molecule has 1 saturated heterocycles. The van der Waals surface area contributed by atoms with Crippen LogP contribution in [-0.2, 0) is 16.6 Å². The Morgan fingerprint density at radius 1 is 1.15 bits per heavy atom. The number of likely N-dealkylation sites (tertiary alicyclic amines) is 1. The minimum Gasteiger partial charge on any atom is -0.352 e. The Morgan fingerprint density at radius 2 is 1.77 bits per heavy atom. The van der Waals surface area contributed by atoms with E-state index in [2.05, 4.69) is 33.8 Å². The van der Waals surface area contributed by atoms with Crippen LogP contribution in [0.5, 0.6) is 0 Å². The fourth-order valence-corrected chi connectivity index (χ4v) is 4.93.